The van der Waals surface area contributed by atoms with Crippen molar-refractivity contribution in [3.8, 4) is 0 Å². The minimum atomic E-state index is -0.932. The van der Waals surface area contributed by atoms with Crippen molar-refractivity contribution >= 4 is 12.0 Å². The zero-order chi connectivity index (χ0) is 12.3. The molecule has 1 aromatic carbocycles. The second-order valence-electron chi connectivity index (χ2n) is 3.63. The van der Waals surface area contributed by atoms with Gasteiger partial charge in [-0.1, -0.05) is 18.7 Å². The first-order valence-corrected chi connectivity index (χ1v) is 5.17. The molecule has 0 unspecified atom stereocenters. The van der Waals surface area contributed by atoms with Crippen LogP contribution in [0.25, 0.3) is 6.08 Å². The van der Waals surface area contributed by atoms with E-state index in [4.69, 9.17) is 5.11 Å². The van der Waals surface area contributed by atoms with Gasteiger partial charge in [0.15, 0.2) is 0 Å². The van der Waals surface area contributed by atoms with Crippen molar-refractivity contribution in [2.45, 2.75) is 6.54 Å². The zero-order valence-corrected chi connectivity index (χ0v) is 9.21. The highest BCUT2D eigenvalue weighted by molar-refractivity contribution is 5.88. The Morgan fingerprint density at radius 3 is 2.94 bits per heavy atom. The molecule has 0 saturated carbocycles. The fraction of sp³-hybridized carbons (Fsp3) is 0.0769. The first kappa shape index (κ1) is 11.1. The van der Waals surface area contributed by atoms with E-state index in [-0.39, 0.29) is 5.56 Å². The summed E-state index contributed by atoms with van der Waals surface area (Å²) >= 11 is 0. The molecular weight excluding hydrogens is 216 g/mol. The number of aromatic carboxylic acids is 1. The van der Waals surface area contributed by atoms with E-state index >= 15 is 0 Å². The van der Waals surface area contributed by atoms with Crippen LogP contribution in [-0.4, -0.2) is 20.9 Å². The lowest BCUT2D eigenvalue weighted by Crippen LogP contribution is -2.04. The van der Waals surface area contributed by atoms with Gasteiger partial charge in [0.2, 0.25) is 0 Å². The second kappa shape index (κ2) is 4.65. The summed E-state index contributed by atoms with van der Waals surface area (Å²) in [6.45, 7) is 4.30. The molecule has 4 heteroatoms. The number of aromatic nitrogens is 2. The average Bonchev–Trinajstić information content (AvgIpc) is 2.82. The highest BCUT2D eigenvalue weighted by atomic mass is 16.4. The Hall–Kier alpha value is -2.36. The molecule has 17 heavy (non-hydrogen) atoms. The Bertz CT molecular complexity index is 545. The highest BCUT2D eigenvalue weighted by Crippen LogP contribution is 2.14. The Kier molecular flexibility index (Phi) is 3.05. The number of carboxylic acids is 1. The maximum atomic E-state index is 10.8. The predicted octanol–water partition coefficient (Wildman–Crippen LogP) is 2.27. The molecule has 4 nitrogen and oxygen atoms in total. The van der Waals surface area contributed by atoms with Gasteiger partial charge in [0.25, 0.3) is 0 Å². The summed E-state index contributed by atoms with van der Waals surface area (Å²) in [7, 11) is 0. The highest BCUT2D eigenvalue weighted by Gasteiger charge is 2.06. The quantitative estimate of drug-likeness (QED) is 0.873. The van der Waals surface area contributed by atoms with Crippen LogP contribution in [0.2, 0.25) is 0 Å². The van der Waals surface area contributed by atoms with E-state index in [1.54, 1.807) is 35.2 Å². The van der Waals surface area contributed by atoms with Crippen LogP contribution in [-0.2, 0) is 6.54 Å². The molecular formula is C13H12N2O2. The van der Waals surface area contributed by atoms with Crippen molar-refractivity contribution in [2.24, 2.45) is 0 Å². The van der Waals surface area contributed by atoms with Gasteiger partial charge in [-0.3, -0.25) is 4.68 Å². The molecule has 2 aromatic rings. The van der Waals surface area contributed by atoms with Gasteiger partial charge in [0, 0.05) is 12.4 Å². The Morgan fingerprint density at radius 1 is 1.53 bits per heavy atom. The van der Waals surface area contributed by atoms with Gasteiger partial charge >= 0.3 is 5.97 Å². The number of nitrogens with zero attached hydrogens (tertiary/aromatic N) is 2. The van der Waals surface area contributed by atoms with Crippen LogP contribution in [0.4, 0.5) is 0 Å². The molecule has 0 radical (unpaired) electrons. The molecule has 1 N–H and O–H groups in total. The van der Waals surface area contributed by atoms with Gasteiger partial charge in [0.05, 0.1) is 12.1 Å². The average molecular weight is 228 g/mol. The third-order valence-electron chi connectivity index (χ3n) is 2.50. The van der Waals surface area contributed by atoms with E-state index in [0.717, 1.165) is 11.1 Å². The number of carboxylic acid groups (broad SMARTS) is 1. The third-order valence-corrected chi connectivity index (χ3v) is 2.50. The largest absolute Gasteiger partial charge is 0.478 e. The molecule has 0 fully saturated rings. The molecule has 1 heterocycles. The van der Waals surface area contributed by atoms with E-state index in [2.05, 4.69) is 11.7 Å². The van der Waals surface area contributed by atoms with Crippen LogP contribution in [0.15, 0.2) is 43.2 Å². The number of hydrogen-bond acceptors (Lipinski definition) is 2. The Balaban J connectivity index is 2.34. The van der Waals surface area contributed by atoms with Crippen molar-refractivity contribution in [2.75, 3.05) is 0 Å². The smallest absolute Gasteiger partial charge is 0.335 e. The van der Waals surface area contributed by atoms with Gasteiger partial charge in [-0.15, -0.1) is 0 Å². The van der Waals surface area contributed by atoms with Crippen LogP contribution >= 0.6 is 0 Å². The van der Waals surface area contributed by atoms with Gasteiger partial charge in [0.1, 0.15) is 0 Å². The lowest BCUT2D eigenvalue weighted by molar-refractivity contribution is 0.0697. The van der Waals surface area contributed by atoms with Crippen LogP contribution in [0.3, 0.4) is 0 Å². The first-order valence-electron chi connectivity index (χ1n) is 5.17. The monoisotopic (exact) mass is 228 g/mol. The second-order valence-corrected chi connectivity index (χ2v) is 3.63. The lowest BCUT2D eigenvalue weighted by Gasteiger charge is -2.07. The topological polar surface area (TPSA) is 55.1 Å². The fourth-order valence-corrected chi connectivity index (χ4v) is 1.63. The number of carbonyl (C=O) groups is 1. The molecule has 1 aromatic heterocycles. The first-order chi connectivity index (χ1) is 8.20. The van der Waals surface area contributed by atoms with Crippen molar-refractivity contribution in [1.82, 2.24) is 9.78 Å². The van der Waals surface area contributed by atoms with E-state index in [0.29, 0.717) is 6.54 Å². The van der Waals surface area contributed by atoms with Crippen molar-refractivity contribution < 1.29 is 9.90 Å². The molecule has 86 valence electrons. The van der Waals surface area contributed by atoms with Gasteiger partial charge in [-0.25, -0.2) is 4.79 Å². The van der Waals surface area contributed by atoms with Crippen LogP contribution in [0, 0.1) is 0 Å². The molecule has 0 aliphatic carbocycles. The summed E-state index contributed by atoms with van der Waals surface area (Å²) in [4.78, 5) is 10.8. The maximum Gasteiger partial charge on any atom is 0.335 e. The maximum absolute atomic E-state index is 10.8. The minimum Gasteiger partial charge on any atom is -0.478 e. The van der Waals surface area contributed by atoms with Gasteiger partial charge < -0.3 is 5.11 Å². The van der Waals surface area contributed by atoms with Crippen molar-refractivity contribution in [1.29, 1.82) is 0 Å². The summed E-state index contributed by atoms with van der Waals surface area (Å²) in [6.07, 6.45) is 5.22. The molecule has 2 rings (SSSR count). The van der Waals surface area contributed by atoms with Crippen LogP contribution < -0.4 is 0 Å². The molecule has 0 aliphatic heterocycles. The van der Waals surface area contributed by atoms with Crippen molar-refractivity contribution in [3.63, 3.8) is 0 Å². The van der Waals surface area contributed by atoms with E-state index < -0.39 is 5.97 Å². The molecule has 0 aliphatic rings. The zero-order valence-electron chi connectivity index (χ0n) is 9.21. The number of benzene rings is 1. The predicted molar refractivity (Wildman–Crippen MR) is 64.8 cm³/mol. The van der Waals surface area contributed by atoms with Crippen LogP contribution in [0.1, 0.15) is 21.5 Å². The normalized spacial score (nSPS) is 10.1. The van der Waals surface area contributed by atoms with E-state index in [9.17, 15) is 4.79 Å². The van der Waals surface area contributed by atoms with Gasteiger partial charge in [-0.2, -0.15) is 5.10 Å². The van der Waals surface area contributed by atoms with E-state index in [1.165, 1.54) is 0 Å². The molecule has 0 atom stereocenters. The lowest BCUT2D eigenvalue weighted by atomic mass is 10.0. The third kappa shape index (κ3) is 2.42. The minimum absolute atomic E-state index is 0.268. The molecule has 0 amide bonds. The number of rotatable bonds is 4. The van der Waals surface area contributed by atoms with Crippen LogP contribution in [0.5, 0.6) is 0 Å². The summed E-state index contributed by atoms with van der Waals surface area (Å²) in [5.74, 6) is -0.932. The summed E-state index contributed by atoms with van der Waals surface area (Å²) in [6, 6.07) is 6.85. The molecule has 0 bridgehead atoms. The molecule has 0 saturated heterocycles. The van der Waals surface area contributed by atoms with Crippen molar-refractivity contribution in [3.05, 3.63) is 59.9 Å². The SMILES string of the molecule is C=Cc1cc(C(=O)O)ccc1Cn1cccn1. The van der Waals surface area contributed by atoms with E-state index in [1.807, 2.05) is 12.3 Å². The molecule has 0 spiro atoms. The Morgan fingerprint density at radius 2 is 2.35 bits per heavy atom. The van der Waals surface area contributed by atoms with Gasteiger partial charge in [-0.05, 0) is 29.3 Å². The number of hydrogen-bond donors (Lipinski definition) is 1. The Labute approximate surface area is 98.8 Å². The summed E-state index contributed by atoms with van der Waals surface area (Å²) < 4.78 is 1.78. The summed E-state index contributed by atoms with van der Waals surface area (Å²) in [5.41, 5.74) is 2.08. The standard InChI is InChI=1S/C13H12N2O2/c1-2-10-8-11(13(16)17)4-5-12(10)9-15-7-3-6-14-15/h2-8H,1,9H2,(H,16,17). The fourth-order valence-electron chi connectivity index (χ4n) is 1.63. The summed E-state index contributed by atoms with van der Waals surface area (Å²) in [5, 5.41) is 13.0.